The van der Waals surface area contributed by atoms with Crippen molar-refractivity contribution in [2.75, 3.05) is 26.3 Å². The predicted octanol–water partition coefficient (Wildman–Crippen LogP) is 2.14. The van der Waals surface area contributed by atoms with Gasteiger partial charge in [-0.05, 0) is 43.1 Å². The van der Waals surface area contributed by atoms with E-state index in [2.05, 4.69) is 23.1 Å². The van der Waals surface area contributed by atoms with E-state index in [0.29, 0.717) is 0 Å². The highest BCUT2D eigenvalue weighted by molar-refractivity contribution is 5.40. The van der Waals surface area contributed by atoms with Crippen molar-refractivity contribution in [3.63, 3.8) is 0 Å². The fraction of sp³-hybridized carbons (Fsp3) is 0.600. The van der Waals surface area contributed by atoms with Crippen molar-refractivity contribution >= 4 is 0 Å². The van der Waals surface area contributed by atoms with Gasteiger partial charge in [-0.3, -0.25) is 4.90 Å². The van der Waals surface area contributed by atoms with Crippen LogP contribution in [0.15, 0.2) is 18.2 Å². The number of aliphatic hydroxyl groups is 1. The Morgan fingerprint density at radius 3 is 2.83 bits per heavy atom. The van der Waals surface area contributed by atoms with Crippen molar-refractivity contribution in [1.82, 2.24) is 4.90 Å². The van der Waals surface area contributed by atoms with Crippen LogP contribution < -0.4 is 4.74 Å². The van der Waals surface area contributed by atoms with E-state index in [1.165, 1.54) is 30.4 Å². The monoisotopic (exact) mass is 247 g/mol. The number of fused-ring (bicyclic) bond motifs is 1. The molecule has 1 atom stereocenters. The van der Waals surface area contributed by atoms with Crippen LogP contribution in [0.1, 0.15) is 36.4 Å². The molecule has 1 N–H and O–H groups in total. The molecule has 2 heterocycles. The molecule has 0 aromatic heterocycles. The zero-order chi connectivity index (χ0) is 12.4. The van der Waals surface area contributed by atoms with Crippen LogP contribution in [0.2, 0.25) is 0 Å². The molecule has 2 aliphatic rings. The maximum Gasteiger partial charge on any atom is 0.122 e. The van der Waals surface area contributed by atoms with Crippen molar-refractivity contribution in [3.05, 3.63) is 29.3 Å². The normalized spacial score (nSPS) is 21.4. The number of nitrogens with zero attached hydrogens (tertiary/aromatic N) is 1. The first-order valence-electron chi connectivity index (χ1n) is 6.99. The fourth-order valence-corrected chi connectivity index (χ4v) is 3.08. The van der Waals surface area contributed by atoms with Gasteiger partial charge in [-0.15, -0.1) is 0 Å². The summed E-state index contributed by atoms with van der Waals surface area (Å²) in [6.45, 7) is 3.23. The van der Waals surface area contributed by atoms with E-state index in [9.17, 15) is 5.11 Å². The van der Waals surface area contributed by atoms with Crippen molar-refractivity contribution in [2.45, 2.75) is 31.7 Å². The number of benzene rings is 1. The molecule has 3 rings (SSSR count). The lowest BCUT2D eigenvalue weighted by molar-refractivity contribution is 0.104. The Balaban J connectivity index is 1.82. The Morgan fingerprint density at radius 1 is 1.22 bits per heavy atom. The molecule has 0 radical (unpaired) electrons. The third-order valence-corrected chi connectivity index (χ3v) is 4.10. The van der Waals surface area contributed by atoms with Gasteiger partial charge in [-0.25, -0.2) is 0 Å². The lowest BCUT2D eigenvalue weighted by Gasteiger charge is -2.33. The number of aliphatic hydroxyl groups excluding tert-OH is 1. The Hall–Kier alpha value is -1.06. The summed E-state index contributed by atoms with van der Waals surface area (Å²) in [6.07, 6.45) is 4.84. The number of piperidine rings is 1. The van der Waals surface area contributed by atoms with Gasteiger partial charge in [0.15, 0.2) is 0 Å². The van der Waals surface area contributed by atoms with Crippen molar-refractivity contribution in [2.24, 2.45) is 0 Å². The highest BCUT2D eigenvalue weighted by Gasteiger charge is 2.23. The van der Waals surface area contributed by atoms with E-state index < -0.39 is 0 Å². The van der Waals surface area contributed by atoms with Gasteiger partial charge < -0.3 is 9.84 Å². The third kappa shape index (κ3) is 2.25. The van der Waals surface area contributed by atoms with Crippen molar-refractivity contribution < 1.29 is 9.84 Å². The van der Waals surface area contributed by atoms with Crippen LogP contribution in [0.5, 0.6) is 5.75 Å². The number of rotatable bonds is 3. The van der Waals surface area contributed by atoms with E-state index in [0.717, 1.165) is 31.9 Å². The Kier molecular flexibility index (Phi) is 3.52. The summed E-state index contributed by atoms with van der Waals surface area (Å²) in [5.74, 6) is 1.02. The van der Waals surface area contributed by atoms with Gasteiger partial charge in [0.1, 0.15) is 5.75 Å². The molecule has 1 aromatic carbocycles. The first-order chi connectivity index (χ1) is 8.88. The van der Waals surface area contributed by atoms with Crippen LogP contribution in [0.3, 0.4) is 0 Å². The summed E-state index contributed by atoms with van der Waals surface area (Å²) in [7, 11) is 0. The number of hydrogen-bond acceptors (Lipinski definition) is 3. The summed E-state index contributed by atoms with van der Waals surface area (Å²) in [5.41, 5.74) is 2.53. The molecule has 0 saturated carbocycles. The minimum absolute atomic E-state index is 0.163. The lowest BCUT2D eigenvalue weighted by atomic mass is 9.99. The minimum atomic E-state index is 0.163. The molecule has 3 nitrogen and oxygen atoms in total. The molecule has 1 saturated heterocycles. The first-order valence-corrected chi connectivity index (χ1v) is 6.99. The molecule has 0 amide bonds. The lowest BCUT2D eigenvalue weighted by Crippen LogP contribution is -2.35. The van der Waals surface area contributed by atoms with E-state index in [1.54, 1.807) is 0 Å². The molecule has 2 aliphatic heterocycles. The van der Waals surface area contributed by atoms with Crippen LogP contribution in [0.25, 0.3) is 0 Å². The second-order valence-electron chi connectivity index (χ2n) is 5.26. The highest BCUT2D eigenvalue weighted by atomic mass is 16.5. The number of likely N-dealkylation sites (tertiary alicyclic amines) is 1. The van der Waals surface area contributed by atoms with Crippen molar-refractivity contribution in [1.29, 1.82) is 0 Å². The van der Waals surface area contributed by atoms with Crippen molar-refractivity contribution in [3.8, 4) is 5.75 Å². The molecule has 1 aromatic rings. The van der Waals surface area contributed by atoms with Gasteiger partial charge in [0.05, 0.1) is 19.3 Å². The smallest absolute Gasteiger partial charge is 0.122 e. The fourth-order valence-electron chi connectivity index (χ4n) is 3.08. The van der Waals surface area contributed by atoms with Crippen LogP contribution in [0, 0.1) is 0 Å². The summed E-state index contributed by atoms with van der Waals surface area (Å²) in [6, 6.07) is 6.55. The van der Waals surface area contributed by atoms with Crippen LogP contribution in [0.4, 0.5) is 0 Å². The third-order valence-electron chi connectivity index (χ3n) is 4.10. The zero-order valence-corrected chi connectivity index (χ0v) is 10.8. The molecule has 98 valence electrons. The van der Waals surface area contributed by atoms with E-state index in [4.69, 9.17) is 4.74 Å². The average molecular weight is 247 g/mol. The largest absolute Gasteiger partial charge is 0.493 e. The summed E-state index contributed by atoms with van der Waals surface area (Å²) in [4.78, 5) is 2.42. The van der Waals surface area contributed by atoms with E-state index in [1.807, 2.05) is 0 Å². The minimum Gasteiger partial charge on any atom is -0.493 e. The van der Waals surface area contributed by atoms with Gasteiger partial charge in [0.25, 0.3) is 0 Å². The van der Waals surface area contributed by atoms with Gasteiger partial charge in [-0.1, -0.05) is 18.6 Å². The number of ether oxygens (including phenoxy) is 1. The first kappa shape index (κ1) is 12.0. The molecule has 18 heavy (non-hydrogen) atoms. The molecule has 0 spiro atoms. The summed E-state index contributed by atoms with van der Waals surface area (Å²) in [5, 5.41) is 9.71. The maximum absolute atomic E-state index is 9.71. The Labute approximate surface area is 108 Å². The van der Waals surface area contributed by atoms with Crippen LogP contribution >= 0.6 is 0 Å². The number of hydrogen-bond donors (Lipinski definition) is 1. The molecular formula is C15H21NO2. The van der Waals surface area contributed by atoms with Gasteiger partial charge in [-0.2, -0.15) is 0 Å². The van der Waals surface area contributed by atoms with E-state index in [-0.39, 0.29) is 12.6 Å². The predicted molar refractivity (Wildman–Crippen MR) is 70.9 cm³/mol. The van der Waals surface area contributed by atoms with Gasteiger partial charge in [0, 0.05) is 6.42 Å². The second kappa shape index (κ2) is 5.29. The van der Waals surface area contributed by atoms with Gasteiger partial charge in [0.2, 0.25) is 0 Å². The van der Waals surface area contributed by atoms with Crippen LogP contribution in [-0.4, -0.2) is 36.3 Å². The SMILES string of the molecule is OCC(c1ccc2c(c1)CCO2)N1CCCCC1. The Morgan fingerprint density at radius 2 is 2.06 bits per heavy atom. The average Bonchev–Trinajstić information content (AvgIpc) is 2.88. The highest BCUT2D eigenvalue weighted by Crippen LogP contribution is 2.31. The Bertz CT molecular complexity index is 413. The second-order valence-corrected chi connectivity index (χ2v) is 5.26. The summed E-state index contributed by atoms with van der Waals surface area (Å²) < 4.78 is 5.54. The maximum atomic E-state index is 9.71. The van der Waals surface area contributed by atoms with Gasteiger partial charge >= 0.3 is 0 Å². The topological polar surface area (TPSA) is 32.7 Å². The molecule has 0 bridgehead atoms. The van der Waals surface area contributed by atoms with E-state index >= 15 is 0 Å². The zero-order valence-electron chi connectivity index (χ0n) is 10.8. The molecular weight excluding hydrogens is 226 g/mol. The molecule has 3 heteroatoms. The molecule has 1 unspecified atom stereocenters. The molecule has 1 fully saturated rings. The summed E-state index contributed by atoms with van der Waals surface area (Å²) >= 11 is 0. The van der Waals surface area contributed by atoms with Crippen LogP contribution in [-0.2, 0) is 6.42 Å². The quantitative estimate of drug-likeness (QED) is 0.888. The molecule has 0 aliphatic carbocycles. The standard InChI is InChI=1S/C15H21NO2/c17-11-14(16-7-2-1-3-8-16)12-4-5-15-13(10-12)6-9-18-15/h4-5,10,14,17H,1-3,6-9,11H2.